The van der Waals surface area contributed by atoms with E-state index in [1.807, 2.05) is 12.4 Å². The van der Waals surface area contributed by atoms with Crippen LogP contribution in [0.3, 0.4) is 0 Å². The SMILES string of the molecule is CCNO.ON(O)CC1CCCCC1. The summed E-state index contributed by atoms with van der Waals surface area (Å²) < 4.78 is 0. The lowest BCUT2D eigenvalue weighted by Gasteiger charge is -2.22. The lowest BCUT2D eigenvalue weighted by molar-refractivity contribution is -0.312. The molecule has 1 rings (SSSR count). The van der Waals surface area contributed by atoms with Crippen molar-refractivity contribution in [3.05, 3.63) is 0 Å². The van der Waals surface area contributed by atoms with E-state index in [-0.39, 0.29) is 0 Å². The zero-order valence-corrected chi connectivity index (χ0v) is 8.82. The molecule has 86 valence electrons. The van der Waals surface area contributed by atoms with Crippen LogP contribution in [0.25, 0.3) is 0 Å². The molecule has 5 nitrogen and oxygen atoms in total. The summed E-state index contributed by atoms with van der Waals surface area (Å²) in [6, 6.07) is 0. The van der Waals surface area contributed by atoms with Gasteiger partial charge in [0.05, 0.1) is 6.54 Å². The van der Waals surface area contributed by atoms with E-state index in [9.17, 15) is 0 Å². The molecule has 0 radical (unpaired) electrons. The van der Waals surface area contributed by atoms with Crippen LogP contribution < -0.4 is 5.48 Å². The van der Waals surface area contributed by atoms with Crippen LogP contribution in [0.4, 0.5) is 0 Å². The highest BCUT2D eigenvalue weighted by Gasteiger charge is 2.14. The zero-order valence-electron chi connectivity index (χ0n) is 8.82. The maximum atomic E-state index is 8.49. The fourth-order valence-electron chi connectivity index (χ4n) is 1.60. The third kappa shape index (κ3) is 8.40. The van der Waals surface area contributed by atoms with E-state index in [2.05, 4.69) is 0 Å². The Balaban J connectivity index is 0.000000364. The molecule has 0 amide bonds. The molecule has 1 aliphatic rings. The van der Waals surface area contributed by atoms with Crippen LogP contribution in [0.1, 0.15) is 39.0 Å². The topological polar surface area (TPSA) is 76.0 Å². The van der Waals surface area contributed by atoms with Gasteiger partial charge in [0.15, 0.2) is 0 Å². The Morgan fingerprint density at radius 1 is 1.21 bits per heavy atom. The van der Waals surface area contributed by atoms with Gasteiger partial charge in [-0.2, -0.15) is 0 Å². The van der Waals surface area contributed by atoms with E-state index in [1.54, 1.807) is 0 Å². The van der Waals surface area contributed by atoms with Crippen molar-refractivity contribution in [2.75, 3.05) is 13.1 Å². The average molecular weight is 206 g/mol. The van der Waals surface area contributed by atoms with Gasteiger partial charge in [-0.15, -0.1) is 0 Å². The molecule has 0 aliphatic heterocycles. The third-order valence-electron chi connectivity index (χ3n) is 2.30. The number of nitrogens with one attached hydrogen (secondary N) is 1. The minimum Gasteiger partial charge on any atom is -0.317 e. The molecular weight excluding hydrogens is 184 g/mol. The van der Waals surface area contributed by atoms with Gasteiger partial charge in [-0.25, -0.2) is 5.48 Å². The molecular formula is C9H22N2O3. The number of hydrogen-bond donors (Lipinski definition) is 4. The predicted octanol–water partition coefficient (Wildman–Crippen LogP) is 1.63. The van der Waals surface area contributed by atoms with Gasteiger partial charge in [0.2, 0.25) is 0 Å². The Morgan fingerprint density at radius 2 is 1.71 bits per heavy atom. The van der Waals surface area contributed by atoms with E-state index < -0.39 is 0 Å². The predicted molar refractivity (Wildman–Crippen MR) is 52.3 cm³/mol. The molecule has 0 atom stereocenters. The number of rotatable bonds is 3. The Labute approximate surface area is 85.2 Å². The summed E-state index contributed by atoms with van der Waals surface area (Å²) in [5.41, 5.74) is 1.93. The summed E-state index contributed by atoms with van der Waals surface area (Å²) in [5, 5.41) is 24.9. The largest absolute Gasteiger partial charge is 0.317 e. The van der Waals surface area contributed by atoms with Crippen molar-refractivity contribution in [1.82, 2.24) is 10.7 Å². The van der Waals surface area contributed by atoms with E-state index >= 15 is 0 Å². The maximum absolute atomic E-state index is 8.49. The fourth-order valence-corrected chi connectivity index (χ4v) is 1.60. The summed E-state index contributed by atoms with van der Waals surface area (Å²) in [6.45, 7) is 2.86. The molecule has 0 aromatic heterocycles. The minimum atomic E-state index is 0.315. The number of nitrogens with zero attached hydrogens (tertiary/aromatic N) is 1. The van der Waals surface area contributed by atoms with Crippen LogP contribution in [0.5, 0.6) is 0 Å². The lowest BCUT2D eigenvalue weighted by Crippen LogP contribution is -2.24. The molecule has 0 aromatic carbocycles. The van der Waals surface area contributed by atoms with Crippen molar-refractivity contribution in [3.8, 4) is 0 Å². The molecule has 0 unspecified atom stereocenters. The number of hydrogen-bond acceptors (Lipinski definition) is 5. The maximum Gasteiger partial charge on any atom is 0.0541 e. The first-order valence-corrected chi connectivity index (χ1v) is 5.23. The molecule has 0 saturated heterocycles. The molecule has 1 saturated carbocycles. The van der Waals surface area contributed by atoms with Crippen molar-refractivity contribution >= 4 is 0 Å². The second kappa shape index (κ2) is 9.36. The second-order valence-electron chi connectivity index (χ2n) is 3.57. The van der Waals surface area contributed by atoms with Crippen LogP contribution in [0.2, 0.25) is 0 Å². The monoisotopic (exact) mass is 206 g/mol. The standard InChI is InChI=1S/C7H15NO2.C2H7NO/c9-8(10)6-7-4-2-1-3-5-7;1-2-3-4/h7,9-10H,1-6H2;3-4H,2H2,1H3. The summed E-state index contributed by atoms with van der Waals surface area (Å²) in [4.78, 5) is 0. The van der Waals surface area contributed by atoms with Crippen molar-refractivity contribution in [2.45, 2.75) is 39.0 Å². The van der Waals surface area contributed by atoms with Gasteiger partial charge in [0.1, 0.15) is 0 Å². The van der Waals surface area contributed by atoms with E-state index in [4.69, 9.17) is 15.6 Å². The van der Waals surface area contributed by atoms with Crippen molar-refractivity contribution in [3.63, 3.8) is 0 Å². The van der Waals surface area contributed by atoms with Crippen LogP contribution in [0.15, 0.2) is 0 Å². The summed E-state index contributed by atoms with van der Waals surface area (Å²) in [6.07, 6.45) is 6.11. The smallest absolute Gasteiger partial charge is 0.0541 e. The summed E-state index contributed by atoms with van der Waals surface area (Å²) in [5.74, 6) is 0.503. The van der Waals surface area contributed by atoms with Crippen LogP contribution >= 0.6 is 0 Å². The molecule has 0 heterocycles. The van der Waals surface area contributed by atoms with Gasteiger partial charge in [-0.1, -0.05) is 31.4 Å². The Morgan fingerprint density at radius 3 is 2.07 bits per heavy atom. The minimum absolute atomic E-state index is 0.315. The van der Waals surface area contributed by atoms with E-state index in [0.717, 1.165) is 12.8 Å². The van der Waals surface area contributed by atoms with Gasteiger partial charge < -0.3 is 5.21 Å². The zero-order chi connectivity index (χ0) is 10.8. The van der Waals surface area contributed by atoms with Crippen molar-refractivity contribution in [1.29, 1.82) is 0 Å². The Bertz CT molecular complexity index is 115. The first-order valence-electron chi connectivity index (χ1n) is 5.23. The second-order valence-corrected chi connectivity index (χ2v) is 3.57. The average Bonchev–Trinajstić information content (AvgIpc) is 2.19. The van der Waals surface area contributed by atoms with Gasteiger partial charge in [0, 0.05) is 6.54 Å². The lowest BCUT2D eigenvalue weighted by atomic mass is 9.89. The van der Waals surface area contributed by atoms with E-state index in [0.29, 0.717) is 24.2 Å². The molecule has 0 bridgehead atoms. The molecule has 1 aliphatic carbocycles. The Hall–Kier alpha value is -0.200. The normalized spacial score (nSPS) is 17.8. The molecule has 1 fully saturated rings. The first kappa shape index (κ1) is 13.8. The first-order chi connectivity index (χ1) is 6.70. The summed E-state index contributed by atoms with van der Waals surface area (Å²) >= 11 is 0. The van der Waals surface area contributed by atoms with Crippen LogP contribution in [-0.4, -0.2) is 33.9 Å². The van der Waals surface area contributed by atoms with Gasteiger partial charge in [-0.3, -0.25) is 10.4 Å². The fraction of sp³-hybridized carbons (Fsp3) is 1.00. The van der Waals surface area contributed by atoms with Gasteiger partial charge >= 0.3 is 0 Å². The van der Waals surface area contributed by atoms with Crippen LogP contribution in [0, 0.1) is 5.92 Å². The highest BCUT2D eigenvalue weighted by atomic mass is 16.8. The highest BCUT2D eigenvalue weighted by molar-refractivity contribution is 4.65. The quantitative estimate of drug-likeness (QED) is 0.528. The highest BCUT2D eigenvalue weighted by Crippen LogP contribution is 2.23. The molecule has 5 heteroatoms. The van der Waals surface area contributed by atoms with Crippen LogP contribution in [-0.2, 0) is 0 Å². The van der Waals surface area contributed by atoms with Gasteiger partial charge in [0.25, 0.3) is 0 Å². The number of hydroxylamine groups is 3. The molecule has 0 aromatic rings. The van der Waals surface area contributed by atoms with Gasteiger partial charge in [-0.05, 0) is 18.8 Å². The van der Waals surface area contributed by atoms with Crippen molar-refractivity contribution < 1.29 is 15.6 Å². The third-order valence-corrected chi connectivity index (χ3v) is 2.30. The summed E-state index contributed by atoms with van der Waals surface area (Å²) in [7, 11) is 0. The molecule has 4 N–H and O–H groups in total. The van der Waals surface area contributed by atoms with Crippen molar-refractivity contribution in [2.24, 2.45) is 5.92 Å². The Kier molecular flexibility index (Phi) is 9.23. The molecule has 14 heavy (non-hydrogen) atoms. The molecule has 0 spiro atoms. The van der Waals surface area contributed by atoms with E-state index in [1.165, 1.54) is 19.3 Å².